The summed E-state index contributed by atoms with van der Waals surface area (Å²) >= 11 is 1.52. The molecule has 0 bridgehead atoms. The minimum absolute atomic E-state index is 0.0517. The second-order valence-electron chi connectivity index (χ2n) is 7.15. The average Bonchev–Trinajstić information content (AvgIpc) is 3.16. The molecule has 0 radical (unpaired) electrons. The van der Waals surface area contributed by atoms with E-state index in [9.17, 15) is 4.79 Å². The van der Waals surface area contributed by atoms with Gasteiger partial charge in [-0.25, -0.2) is 4.98 Å². The van der Waals surface area contributed by atoms with Crippen LogP contribution in [0.1, 0.15) is 10.4 Å². The molecule has 1 saturated heterocycles. The topological polar surface area (TPSA) is 63.7 Å². The molecule has 30 heavy (non-hydrogen) atoms. The van der Waals surface area contributed by atoms with Gasteiger partial charge in [-0.05, 0) is 18.6 Å². The van der Waals surface area contributed by atoms with Gasteiger partial charge in [0.2, 0.25) is 0 Å². The zero-order valence-corrected chi connectivity index (χ0v) is 17.8. The Morgan fingerprint density at radius 1 is 1.13 bits per heavy atom. The van der Waals surface area contributed by atoms with E-state index < -0.39 is 0 Å². The Kier molecular flexibility index (Phi) is 6.74. The Bertz CT molecular complexity index is 984. The highest BCUT2D eigenvalue weighted by atomic mass is 32.1. The number of aromatic nitrogens is 1. The van der Waals surface area contributed by atoms with Gasteiger partial charge >= 0.3 is 0 Å². The summed E-state index contributed by atoms with van der Waals surface area (Å²) < 4.78 is 11.1. The third kappa shape index (κ3) is 5.24. The van der Waals surface area contributed by atoms with E-state index in [0.717, 1.165) is 54.5 Å². The van der Waals surface area contributed by atoms with Crippen LogP contribution in [0.25, 0.3) is 11.3 Å². The Balaban J connectivity index is 1.47. The fourth-order valence-electron chi connectivity index (χ4n) is 3.31. The second-order valence-corrected chi connectivity index (χ2v) is 8.23. The first-order valence-electron chi connectivity index (χ1n) is 10.0. The van der Waals surface area contributed by atoms with E-state index in [0.29, 0.717) is 10.9 Å². The SMILES string of the molecule is Cc1ccccc1OCC(=O)Nc1nc(-c2ccccc2)c(CN2CCOCC2)s1. The summed E-state index contributed by atoms with van der Waals surface area (Å²) in [7, 11) is 0. The quantitative estimate of drug-likeness (QED) is 0.623. The number of benzene rings is 2. The Labute approximate surface area is 180 Å². The summed E-state index contributed by atoms with van der Waals surface area (Å²) in [6.07, 6.45) is 0. The van der Waals surface area contributed by atoms with Crippen molar-refractivity contribution in [2.24, 2.45) is 0 Å². The Morgan fingerprint density at radius 3 is 2.63 bits per heavy atom. The van der Waals surface area contributed by atoms with E-state index in [2.05, 4.69) is 10.2 Å². The summed E-state index contributed by atoms with van der Waals surface area (Å²) in [5.74, 6) is 0.495. The van der Waals surface area contributed by atoms with Crippen molar-refractivity contribution in [3.05, 3.63) is 65.0 Å². The maximum atomic E-state index is 12.4. The molecule has 0 atom stereocenters. The zero-order chi connectivity index (χ0) is 20.8. The van der Waals surface area contributed by atoms with Crippen molar-refractivity contribution in [1.82, 2.24) is 9.88 Å². The highest BCUT2D eigenvalue weighted by Gasteiger charge is 2.19. The van der Waals surface area contributed by atoms with Crippen LogP contribution >= 0.6 is 11.3 Å². The lowest BCUT2D eigenvalue weighted by molar-refractivity contribution is -0.118. The number of amides is 1. The van der Waals surface area contributed by atoms with Crippen molar-refractivity contribution in [3.8, 4) is 17.0 Å². The minimum Gasteiger partial charge on any atom is -0.483 e. The molecule has 1 aliphatic heterocycles. The number of aryl methyl sites for hydroxylation is 1. The summed E-state index contributed by atoms with van der Waals surface area (Å²) in [6, 6.07) is 17.7. The van der Waals surface area contributed by atoms with Crippen LogP contribution in [0.15, 0.2) is 54.6 Å². The molecule has 3 aromatic rings. The molecule has 156 valence electrons. The lowest BCUT2D eigenvalue weighted by atomic mass is 10.1. The standard InChI is InChI=1S/C23H25N3O3S/c1-17-7-5-6-10-19(17)29-16-21(27)24-23-25-22(18-8-3-2-4-9-18)20(30-23)15-26-11-13-28-14-12-26/h2-10H,11-16H2,1H3,(H,24,25,27). The van der Waals surface area contributed by atoms with Crippen LogP contribution in [-0.2, 0) is 16.1 Å². The number of morpholine rings is 1. The first-order valence-corrected chi connectivity index (χ1v) is 10.8. The van der Waals surface area contributed by atoms with Gasteiger partial charge < -0.3 is 9.47 Å². The highest BCUT2D eigenvalue weighted by Crippen LogP contribution is 2.32. The molecular formula is C23H25N3O3S. The molecule has 0 saturated carbocycles. The van der Waals surface area contributed by atoms with Crippen LogP contribution in [0.2, 0.25) is 0 Å². The molecule has 0 aliphatic carbocycles. The van der Waals surface area contributed by atoms with E-state index in [-0.39, 0.29) is 12.5 Å². The second kappa shape index (κ2) is 9.84. The number of hydrogen-bond acceptors (Lipinski definition) is 6. The molecule has 1 N–H and O–H groups in total. The first kappa shape index (κ1) is 20.5. The largest absolute Gasteiger partial charge is 0.483 e. The highest BCUT2D eigenvalue weighted by molar-refractivity contribution is 7.16. The first-order chi connectivity index (χ1) is 14.7. The van der Waals surface area contributed by atoms with E-state index in [1.165, 1.54) is 11.3 Å². The summed E-state index contributed by atoms with van der Waals surface area (Å²) in [6.45, 7) is 6.00. The van der Waals surface area contributed by atoms with Gasteiger partial charge in [0, 0.05) is 30.1 Å². The number of anilines is 1. The monoisotopic (exact) mass is 423 g/mol. The Hall–Kier alpha value is -2.74. The van der Waals surface area contributed by atoms with Crippen molar-refractivity contribution in [2.45, 2.75) is 13.5 Å². The average molecular weight is 424 g/mol. The number of carbonyl (C=O) groups is 1. The smallest absolute Gasteiger partial charge is 0.264 e. The summed E-state index contributed by atoms with van der Waals surface area (Å²) in [4.78, 5) is 20.7. The van der Waals surface area contributed by atoms with Gasteiger partial charge in [-0.2, -0.15) is 0 Å². The zero-order valence-electron chi connectivity index (χ0n) is 17.0. The molecule has 2 heterocycles. The number of para-hydroxylation sites is 1. The lowest BCUT2D eigenvalue weighted by Gasteiger charge is -2.26. The third-order valence-electron chi connectivity index (χ3n) is 4.91. The van der Waals surface area contributed by atoms with Gasteiger partial charge in [-0.15, -0.1) is 0 Å². The maximum Gasteiger partial charge on any atom is 0.264 e. The van der Waals surface area contributed by atoms with Gasteiger partial charge in [0.05, 0.1) is 18.9 Å². The predicted octanol–water partition coefficient (Wildman–Crippen LogP) is 3.97. The predicted molar refractivity (Wildman–Crippen MR) is 119 cm³/mol. The van der Waals surface area contributed by atoms with Crippen LogP contribution < -0.4 is 10.1 Å². The van der Waals surface area contributed by atoms with E-state index in [4.69, 9.17) is 14.5 Å². The van der Waals surface area contributed by atoms with Crippen molar-refractivity contribution in [2.75, 3.05) is 38.2 Å². The summed E-state index contributed by atoms with van der Waals surface area (Å²) in [5.41, 5.74) is 2.97. The van der Waals surface area contributed by atoms with Crippen LogP contribution in [0.3, 0.4) is 0 Å². The molecule has 1 fully saturated rings. The minimum atomic E-state index is -0.218. The fraction of sp³-hybridized carbons (Fsp3) is 0.304. The lowest BCUT2D eigenvalue weighted by Crippen LogP contribution is -2.35. The van der Waals surface area contributed by atoms with E-state index >= 15 is 0 Å². The molecule has 2 aromatic carbocycles. The molecule has 1 aliphatic rings. The van der Waals surface area contributed by atoms with Crippen LogP contribution in [0, 0.1) is 6.92 Å². The fourth-order valence-corrected chi connectivity index (χ4v) is 4.36. The van der Waals surface area contributed by atoms with Crippen molar-refractivity contribution >= 4 is 22.4 Å². The van der Waals surface area contributed by atoms with Gasteiger partial charge in [-0.1, -0.05) is 59.9 Å². The van der Waals surface area contributed by atoms with Gasteiger partial charge in [0.25, 0.3) is 5.91 Å². The van der Waals surface area contributed by atoms with Crippen LogP contribution in [-0.4, -0.2) is 48.7 Å². The number of nitrogens with one attached hydrogen (secondary N) is 1. The number of hydrogen-bond donors (Lipinski definition) is 1. The van der Waals surface area contributed by atoms with E-state index in [1.807, 2.05) is 61.5 Å². The van der Waals surface area contributed by atoms with Crippen molar-refractivity contribution in [1.29, 1.82) is 0 Å². The molecule has 7 heteroatoms. The molecule has 0 unspecified atom stereocenters. The number of ether oxygens (including phenoxy) is 2. The summed E-state index contributed by atoms with van der Waals surface area (Å²) in [5, 5.41) is 3.49. The van der Waals surface area contributed by atoms with Crippen LogP contribution in [0.4, 0.5) is 5.13 Å². The number of carbonyl (C=O) groups excluding carboxylic acids is 1. The van der Waals surface area contributed by atoms with Gasteiger partial charge in [0.15, 0.2) is 11.7 Å². The van der Waals surface area contributed by atoms with Crippen LogP contribution in [0.5, 0.6) is 5.75 Å². The maximum absolute atomic E-state index is 12.4. The number of nitrogens with zero attached hydrogens (tertiary/aromatic N) is 2. The van der Waals surface area contributed by atoms with Crippen molar-refractivity contribution in [3.63, 3.8) is 0 Å². The normalized spacial score (nSPS) is 14.4. The molecule has 6 nitrogen and oxygen atoms in total. The molecule has 4 rings (SSSR count). The van der Waals surface area contributed by atoms with Gasteiger partial charge in [0.1, 0.15) is 5.75 Å². The van der Waals surface area contributed by atoms with Gasteiger partial charge in [-0.3, -0.25) is 15.0 Å². The molecular weight excluding hydrogens is 398 g/mol. The van der Waals surface area contributed by atoms with Crippen molar-refractivity contribution < 1.29 is 14.3 Å². The molecule has 0 spiro atoms. The molecule has 1 aromatic heterocycles. The molecule has 1 amide bonds. The number of rotatable bonds is 7. The number of thiazole rings is 1. The third-order valence-corrected chi connectivity index (χ3v) is 5.87. The van der Waals surface area contributed by atoms with E-state index in [1.54, 1.807) is 0 Å². The Morgan fingerprint density at radius 2 is 1.87 bits per heavy atom.